The summed E-state index contributed by atoms with van der Waals surface area (Å²) in [6.07, 6.45) is -4.04. The van der Waals surface area contributed by atoms with E-state index in [4.69, 9.17) is 23.2 Å². The molecule has 2 aromatic heterocycles. The van der Waals surface area contributed by atoms with E-state index >= 15 is 0 Å². The first-order valence-electron chi connectivity index (χ1n) is 7.03. The van der Waals surface area contributed by atoms with E-state index in [-0.39, 0.29) is 20.5 Å². The van der Waals surface area contributed by atoms with Crippen LogP contribution < -0.4 is 4.72 Å². The number of anilines is 1. The number of aromatic nitrogens is 3. The standard InChI is InChI=1S/C14H9Cl2F3N4O2S2/c1-6-2-11(10(26)4-8(6)15)27(24,25)22-13-21-20-12-9(16)3-7(5-23(12)13)14(17,18)19/h2-5,26H,1H3,(H,21,22). The number of hydrogen-bond acceptors (Lipinski definition) is 5. The van der Waals surface area contributed by atoms with Gasteiger partial charge < -0.3 is 0 Å². The van der Waals surface area contributed by atoms with Crippen LogP contribution in [0.3, 0.4) is 0 Å². The van der Waals surface area contributed by atoms with Gasteiger partial charge in [-0.1, -0.05) is 23.2 Å². The SMILES string of the molecule is Cc1cc(S(=O)(=O)Nc2nnc3c(Cl)cc(C(F)(F)F)cn23)c(S)cc1Cl. The summed E-state index contributed by atoms with van der Waals surface area (Å²) in [6, 6.07) is 3.30. The van der Waals surface area contributed by atoms with Crippen molar-refractivity contribution >= 4 is 57.4 Å². The molecule has 0 unspecified atom stereocenters. The largest absolute Gasteiger partial charge is 0.417 e. The minimum absolute atomic E-state index is 0.0564. The number of pyridine rings is 1. The molecule has 2 heterocycles. The summed E-state index contributed by atoms with van der Waals surface area (Å²) >= 11 is 15.8. The second-order valence-electron chi connectivity index (χ2n) is 5.47. The van der Waals surface area contributed by atoms with Gasteiger partial charge in [0.2, 0.25) is 5.95 Å². The van der Waals surface area contributed by atoms with Gasteiger partial charge in [-0.25, -0.2) is 13.1 Å². The minimum Gasteiger partial charge on any atom is -0.266 e. The van der Waals surface area contributed by atoms with E-state index in [0.717, 1.165) is 4.40 Å². The molecule has 1 N–H and O–H groups in total. The summed E-state index contributed by atoms with van der Waals surface area (Å²) < 4.78 is 67.2. The van der Waals surface area contributed by atoms with Gasteiger partial charge in [0.1, 0.15) is 4.90 Å². The highest BCUT2D eigenvalue weighted by molar-refractivity contribution is 7.93. The van der Waals surface area contributed by atoms with Crippen molar-refractivity contribution < 1.29 is 21.6 Å². The number of fused-ring (bicyclic) bond motifs is 1. The van der Waals surface area contributed by atoms with Gasteiger partial charge in [-0.2, -0.15) is 13.2 Å². The third-order valence-electron chi connectivity index (χ3n) is 3.54. The van der Waals surface area contributed by atoms with Crippen molar-refractivity contribution in [2.45, 2.75) is 22.9 Å². The second kappa shape index (κ2) is 6.73. The molecule has 0 aliphatic heterocycles. The number of benzene rings is 1. The Hall–Kier alpha value is -1.69. The number of sulfonamides is 1. The minimum atomic E-state index is -4.69. The topological polar surface area (TPSA) is 76.4 Å². The van der Waals surface area contributed by atoms with Crippen LogP contribution in [0.1, 0.15) is 11.1 Å². The molecule has 3 aromatic rings. The Morgan fingerprint density at radius 3 is 2.44 bits per heavy atom. The average Bonchev–Trinajstić information content (AvgIpc) is 2.93. The number of thiol groups is 1. The Morgan fingerprint density at radius 2 is 1.81 bits per heavy atom. The molecule has 0 atom stereocenters. The molecular formula is C14H9Cl2F3N4O2S2. The first kappa shape index (κ1) is 20.1. The van der Waals surface area contributed by atoms with Crippen molar-refractivity contribution in [2.24, 2.45) is 0 Å². The van der Waals surface area contributed by atoms with Gasteiger partial charge in [-0.15, -0.1) is 22.8 Å². The maximum atomic E-state index is 13.0. The highest BCUT2D eigenvalue weighted by atomic mass is 35.5. The Bertz CT molecular complexity index is 1160. The van der Waals surface area contributed by atoms with Crippen LogP contribution in [0.2, 0.25) is 10.0 Å². The summed E-state index contributed by atoms with van der Waals surface area (Å²) in [7, 11) is -4.24. The van der Waals surface area contributed by atoms with Gasteiger partial charge in [0.25, 0.3) is 10.0 Å². The van der Waals surface area contributed by atoms with E-state index in [1.165, 1.54) is 12.1 Å². The van der Waals surface area contributed by atoms with Crippen molar-refractivity contribution in [3.63, 3.8) is 0 Å². The van der Waals surface area contributed by atoms with Crippen molar-refractivity contribution in [2.75, 3.05) is 4.72 Å². The Morgan fingerprint density at radius 1 is 1.15 bits per heavy atom. The summed E-state index contributed by atoms with van der Waals surface area (Å²) in [5, 5.41) is 7.18. The molecule has 6 nitrogen and oxygen atoms in total. The normalized spacial score (nSPS) is 12.6. The van der Waals surface area contributed by atoms with Gasteiger partial charge in [0.15, 0.2) is 5.65 Å². The lowest BCUT2D eigenvalue weighted by Gasteiger charge is -2.12. The smallest absolute Gasteiger partial charge is 0.266 e. The van der Waals surface area contributed by atoms with E-state index in [1.54, 1.807) is 6.92 Å². The Kier molecular flexibility index (Phi) is 5.00. The molecule has 27 heavy (non-hydrogen) atoms. The molecule has 0 radical (unpaired) electrons. The van der Waals surface area contributed by atoms with Crippen LogP contribution >= 0.6 is 35.8 Å². The van der Waals surface area contributed by atoms with Crippen molar-refractivity contribution in [1.29, 1.82) is 0 Å². The summed E-state index contributed by atoms with van der Waals surface area (Å²) in [5.74, 6) is -0.460. The van der Waals surface area contributed by atoms with Crippen LogP contribution in [0.4, 0.5) is 19.1 Å². The zero-order chi connectivity index (χ0) is 20.1. The Labute approximate surface area is 166 Å². The molecule has 0 aliphatic carbocycles. The molecule has 0 amide bonds. The number of nitrogens with zero attached hydrogens (tertiary/aromatic N) is 3. The zero-order valence-corrected chi connectivity index (χ0v) is 16.4. The van der Waals surface area contributed by atoms with Gasteiger partial charge in [-0.05, 0) is 30.7 Å². The first-order valence-corrected chi connectivity index (χ1v) is 9.72. The molecule has 0 aliphatic rings. The van der Waals surface area contributed by atoms with Gasteiger partial charge in [-0.3, -0.25) is 4.40 Å². The fourth-order valence-electron chi connectivity index (χ4n) is 2.21. The van der Waals surface area contributed by atoms with Crippen molar-refractivity contribution in [3.8, 4) is 0 Å². The number of hydrogen-bond donors (Lipinski definition) is 2. The van der Waals surface area contributed by atoms with Gasteiger partial charge in [0, 0.05) is 16.1 Å². The summed E-state index contributed by atoms with van der Waals surface area (Å²) in [6.45, 7) is 1.59. The Balaban J connectivity index is 2.11. The predicted molar refractivity (Wildman–Crippen MR) is 97.2 cm³/mol. The lowest BCUT2D eigenvalue weighted by atomic mass is 10.2. The first-order chi connectivity index (χ1) is 12.4. The zero-order valence-electron chi connectivity index (χ0n) is 13.2. The average molecular weight is 457 g/mol. The van der Waals surface area contributed by atoms with E-state index in [0.29, 0.717) is 22.8 Å². The quantitative estimate of drug-likeness (QED) is 0.570. The fraction of sp³-hybridized carbons (Fsp3) is 0.143. The number of aryl methyl sites for hydroxylation is 1. The van der Waals surface area contributed by atoms with Crippen LogP contribution in [0.25, 0.3) is 5.65 Å². The molecule has 0 saturated carbocycles. The molecule has 0 spiro atoms. The molecular weight excluding hydrogens is 448 g/mol. The lowest BCUT2D eigenvalue weighted by molar-refractivity contribution is -0.137. The third kappa shape index (κ3) is 3.82. The molecule has 0 bridgehead atoms. The molecule has 13 heteroatoms. The van der Waals surface area contributed by atoms with Crippen LogP contribution in [0, 0.1) is 6.92 Å². The predicted octanol–water partition coefficient (Wildman–Crippen LogP) is 4.45. The maximum absolute atomic E-state index is 13.0. The summed E-state index contributed by atoms with van der Waals surface area (Å²) in [4.78, 5) is -0.163. The second-order valence-corrected chi connectivity index (χ2v) is 8.41. The molecule has 0 saturated heterocycles. The van der Waals surface area contributed by atoms with E-state index < -0.39 is 27.7 Å². The third-order valence-corrected chi connectivity index (χ3v) is 6.12. The van der Waals surface area contributed by atoms with Crippen molar-refractivity contribution in [1.82, 2.24) is 14.6 Å². The number of halogens is 5. The van der Waals surface area contributed by atoms with E-state index in [9.17, 15) is 21.6 Å². The van der Waals surface area contributed by atoms with E-state index in [2.05, 4.69) is 27.5 Å². The molecule has 144 valence electrons. The molecule has 0 fully saturated rings. The van der Waals surface area contributed by atoms with Crippen LogP contribution in [-0.4, -0.2) is 23.0 Å². The highest BCUT2D eigenvalue weighted by Crippen LogP contribution is 2.33. The van der Waals surface area contributed by atoms with Gasteiger partial charge >= 0.3 is 6.18 Å². The van der Waals surface area contributed by atoms with Crippen LogP contribution in [-0.2, 0) is 16.2 Å². The lowest BCUT2D eigenvalue weighted by Crippen LogP contribution is -2.16. The highest BCUT2D eigenvalue weighted by Gasteiger charge is 2.32. The van der Waals surface area contributed by atoms with Crippen LogP contribution in [0.5, 0.6) is 0 Å². The van der Waals surface area contributed by atoms with Crippen LogP contribution in [0.15, 0.2) is 34.2 Å². The molecule has 3 rings (SSSR count). The van der Waals surface area contributed by atoms with E-state index in [1.807, 2.05) is 0 Å². The van der Waals surface area contributed by atoms with Gasteiger partial charge in [0.05, 0.1) is 10.6 Å². The van der Waals surface area contributed by atoms with Crippen molar-refractivity contribution in [3.05, 3.63) is 45.6 Å². The molecule has 1 aromatic carbocycles. The fourth-order valence-corrected chi connectivity index (χ4v) is 4.41. The number of rotatable bonds is 3. The maximum Gasteiger partial charge on any atom is 0.417 e. The number of nitrogens with one attached hydrogen (secondary N) is 1. The summed E-state index contributed by atoms with van der Waals surface area (Å²) in [5.41, 5.74) is -0.749. The number of alkyl halides is 3. The monoisotopic (exact) mass is 456 g/mol.